The summed E-state index contributed by atoms with van der Waals surface area (Å²) >= 11 is 7.15. The molecule has 0 aliphatic carbocycles. The molecular formula is C24H22ClN5O4S. The van der Waals surface area contributed by atoms with Gasteiger partial charge in [-0.25, -0.2) is 9.78 Å². The van der Waals surface area contributed by atoms with Crippen molar-refractivity contribution in [2.24, 2.45) is 14.1 Å². The Morgan fingerprint density at radius 3 is 2.46 bits per heavy atom. The lowest BCUT2D eigenvalue weighted by molar-refractivity contribution is -0.113. The topological polar surface area (TPSA) is 108 Å². The fourth-order valence-electron chi connectivity index (χ4n) is 3.60. The third-order valence-corrected chi connectivity index (χ3v) is 6.68. The number of amides is 1. The summed E-state index contributed by atoms with van der Waals surface area (Å²) in [7, 11) is 2.96. The molecule has 0 unspecified atom stereocenters. The second kappa shape index (κ2) is 9.93. The van der Waals surface area contributed by atoms with Crippen molar-refractivity contribution in [3.8, 4) is 0 Å². The predicted molar refractivity (Wildman–Crippen MR) is 137 cm³/mol. The number of carbonyl (C=O) groups is 2. The molecule has 1 N–H and O–H groups in total. The number of imidazole rings is 1. The lowest BCUT2D eigenvalue weighted by Gasteiger charge is -2.10. The minimum Gasteiger partial charge on any atom is -0.325 e. The molecule has 2 heterocycles. The largest absolute Gasteiger partial charge is 0.332 e. The van der Waals surface area contributed by atoms with Gasteiger partial charge in [-0.2, -0.15) is 0 Å². The van der Waals surface area contributed by atoms with E-state index in [0.717, 1.165) is 21.9 Å². The molecule has 1 amide bonds. The molecule has 0 spiro atoms. The fourth-order valence-corrected chi connectivity index (χ4v) is 4.52. The first-order chi connectivity index (χ1) is 16.7. The molecule has 0 atom stereocenters. The highest BCUT2D eigenvalue weighted by molar-refractivity contribution is 7.99. The predicted octanol–water partition coefficient (Wildman–Crippen LogP) is 3.07. The molecule has 35 heavy (non-hydrogen) atoms. The first-order valence-corrected chi connectivity index (χ1v) is 12.0. The van der Waals surface area contributed by atoms with E-state index in [9.17, 15) is 19.2 Å². The van der Waals surface area contributed by atoms with Crippen molar-refractivity contribution >= 4 is 51.9 Å². The molecular weight excluding hydrogens is 490 g/mol. The number of thioether (sulfide) groups is 1. The minimum atomic E-state index is -0.488. The summed E-state index contributed by atoms with van der Waals surface area (Å²) in [5, 5.41) is 3.78. The number of Topliss-reactive ketones (excluding diaryl/α,β-unsaturated/α-hetero) is 1. The number of nitrogens with one attached hydrogen (secondary N) is 1. The number of anilines is 1. The second-order valence-corrected chi connectivity index (χ2v) is 9.34. The van der Waals surface area contributed by atoms with Crippen molar-refractivity contribution in [3.05, 3.63) is 85.5 Å². The molecule has 0 radical (unpaired) electrons. The molecule has 0 aliphatic rings. The number of nitrogens with zero attached hydrogens (tertiary/aromatic N) is 4. The van der Waals surface area contributed by atoms with Gasteiger partial charge in [0.25, 0.3) is 5.56 Å². The Hall–Kier alpha value is -3.63. The molecule has 11 heteroatoms. The van der Waals surface area contributed by atoms with Gasteiger partial charge in [0.05, 0.1) is 12.3 Å². The molecule has 9 nitrogen and oxygen atoms in total. The molecule has 0 saturated heterocycles. The van der Waals surface area contributed by atoms with E-state index in [1.54, 1.807) is 48.0 Å². The minimum absolute atomic E-state index is 0.00248. The van der Waals surface area contributed by atoms with E-state index in [1.165, 1.54) is 18.5 Å². The Labute approximate surface area is 209 Å². The van der Waals surface area contributed by atoms with Gasteiger partial charge < -0.3 is 9.88 Å². The summed E-state index contributed by atoms with van der Waals surface area (Å²) in [5.41, 5.74) is 1.43. The number of hydrogen-bond donors (Lipinski definition) is 1. The average Bonchev–Trinajstić information content (AvgIpc) is 3.20. The van der Waals surface area contributed by atoms with Gasteiger partial charge >= 0.3 is 5.69 Å². The first kappa shape index (κ1) is 24.5. The van der Waals surface area contributed by atoms with Gasteiger partial charge in [0.1, 0.15) is 0 Å². The smallest absolute Gasteiger partial charge is 0.325 e. The number of ketones is 1. The molecule has 4 aromatic rings. The summed E-state index contributed by atoms with van der Waals surface area (Å²) in [4.78, 5) is 54.2. The number of aryl methyl sites for hydroxylation is 1. The van der Waals surface area contributed by atoms with Crippen LogP contribution in [0.4, 0.5) is 5.69 Å². The van der Waals surface area contributed by atoms with Crippen molar-refractivity contribution in [2.45, 2.75) is 18.6 Å². The van der Waals surface area contributed by atoms with Gasteiger partial charge in [0.15, 0.2) is 22.1 Å². The Kier molecular flexibility index (Phi) is 6.95. The van der Waals surface area contributed by atoms with Crippen LogP contribution in [0.1, 0.15) is 22.8 Å². The van der Waals surface area contributed by atoms with Crippen molar-refractivity contribution in [1.82, 2.24) is 18.7 Å². The van der Waals surface area contributed by atoms with Crippen molar-refractivity contribution in [1.29, 1.82) is 0 Å². The van der Waals surface area contributed by atoms with E-state index >= 15 is 0 Å². The van der Waals surface area contributed by atoms with Gasteiger partial charge in [0, 0.05) is 30.4 Å². The highest BCUT2D eigenvalue weighted by Crippen LogP contribution is 2.24. The average molecular weight is 512 g/mol. The van der Waals surface area contributed by atoms with Crippen LogP contribution < -0.4 is 16.6 Å². The number of fused-ring (bicyclic) bond motifs is 1. The molecule has 0 bridgehead atoms. The zero-order valence-electron chi connectivity index (χ0n) is 19.2. The van der Waals surface area contributed by atoms with Gasteiger partial charge in [0.2, 0.25) is 5.91 Å². The lowest BCUT2D eigenvalue weighted by atomic mass is 10.1. The Balaban J connectivity index is 1.67. The zero-order chi connectivity index (χ0) is 25.3. The summed E-state index contributed by atoms with van der Waals surface area (Å²) < 4.78 is 4.05. The Morgan fingerprint density at radius 2 is 1.77 bits per heavy atom. The molecule has 2 aromatic heterocycles. The van der Waals surface area contributed by atoms with E-state index in [2.05, 4.69) is 10.3 Å². The molecule has 4 rings (SSSR count). The maximum atomic E-state index is 13.0. The summed E-state index contributed by atoms with van der Waals surface area (Å²) in [6, 6.07) is 13.9. The van der Waals surface area contributed by atoms with Crippen LogP contribution in [0, 0.1) is 0 Å². The van der Waals surface area contributed by atoms with E-state index in [1.807, 2.05) is 12.1 Å². The van der Waals surface area contributed by atoms with Gasteiger partial charge in [-0.15, -0.1) is 0 Å². The maximum Gasteiger partial charge on any atom is 0.332 e. The van der Waals surface area contributed by atoms with Crippen LogP contribution in [0.5, 0.6) is 0 Å². The number of halogens is 1. The maximum absolute atomic E-state index is 13.0. The zero-order valence-corrected chi connectivity index (χ0v) is 20.8. The van der Waals surface area contributed by atoms with E-state index in [-0.39, 0.29) is 28.6 Å². The summed E-state index contributed by atoms with van der Waals surface area (Å²) in [6.07, 6.45) is 0. The number of benzene rings is 2. The number of rotatable bonds is 7. The summed E-state index contributed by atoms with van der Waals surface area (Å²) in [5.74, 6) is -0.399. The second-order valence-electron chi connectivity index (χ2n) is 7.96. The molecule has 0 fully saturated rings. The highest BCUT2D eigenvalue weighted by Gasteiger charge is 2.20. The number of carbonyl (C=O) groups excluding carboxylic acids is 2. The Bertz CT molecular complexity index is 1570. The third kappa shape index (κ3) is 5.08. The van der Waals surface area contributed by atoms with Gasteiger partial charge in [-0.3, -0.25) is 23.5 Å². The van der Waals surface area contributed by atoms with Crippen LogP contribution in [-0.2, 0) is 25.4 Å². The number of aromatic nitrogens is 4. The van der Waals surface area contributed by atoms with E-state index < -0.39 is 11.2 Å². The quantitative estimate of drug-likeness (QED) is 0.302. The highest BCUT2D eigenvalue weighted by atomic mass is 35.5. The van der Waals surface area contributed by atoms with Gasteiger partial charge in [-0.1, -0.05) is 47.6 Å². The van der Waals surface area contributed by atoms with Crippen LogP contribution >= 0.6 is 23.4 Å². The van der Waals surface area contributed by atoms with E-state index in [0.29, 0.717) is 28.0 Å². The van der Waals surface area contributed by atoms with Gasteiger partial charge in [-0.05, 0) is 36.8 Å². The van der Waals surface area contributed by atoms with Crippen molar-refractivity contribution in [2.75, 3.05) is 11.1 Å². The SMILES string of the molecule is CC(=O)c1cccc(NC(=O)CSc2nc3c(c(=O)n(C)c(=O)n3C)n2Cc2ccc(Cl)cc2)c1. The Morgan fingerprint density at radius 1 is 1.06 bits per heavy atom. The van der Waals surface area contributed by atoms with Crippen LogP contribution in [0.25, 0.3) is 11.2 Å². The molecule has 0 aliphatic heterocycles. The third-order valence-electron chi connectivity index (χ3n) is 5.45. The van der Waals surface area contributed by atoms with Crippen LogP contribution in [0.3, 0.4) is 0 Å². The number of hydrogen-bond acceptors (Lipinski definition) is 6. The first-order valence-electron chi connectivity index (χ1n) is 10.6. The van der Waals surface area contributed by atoms with Crippen LogP contribution in [0.2, 0.25) is 5.02 Å². The lowest BCUT2D eigenvalue weighted by Crippen LogP contribution is -2.37. The molecule has 2 aromatic carbocycles. The van der Waals surface area contributed by atoms with Crippen LogP contribution in [-0.4, -0.2) is 36.1 Å². The normalized spacial score (nSPS) is 11.1. The molecule has 0 saturated carbocycles. The fraction of sp³-hybridized carbons (Fsp3) is 0.208. The van der Waals surface area contributed by atoms with Crippen molar-refractivity contribution < 1.29 is 9.59 Å². The summed E-state index contributed by atoms with van der Waals surface area (Å²) in [6.45, 7) is 1.76. The van der Waals surface area contributed by atoms with Crippen LogP contribution in [0.15, 0.2) is 63.3 Å². The monoisotopic (exact) mass is 511 g/mol. The van der Waals surface area contributed by atoms with Crippen molar-refractivity contribution in [3.63, 3.8) is 0 Å². The molecule has 180 valence electrons. The standard InChI is InChI=1S/C24H22ClN5O4S/c1-14(31)16-5-4-6-18(11-16)26-19(32)13-35-23-27-21-20(22(33)29(3)24(34)28(21)2)30(23)12-15-7-9-17(25)10-8-15/h4-11H,12-13H2,1-3H3,(H,26,32). The van der Waals surface area contributed by atoms with E-state index in [4.69, 9.17) is 11.6 Å².